The third-order valence-corrected chi connectivity index (χ3v) is 4.96. The lowest BCUT2D eigenvalue weighted by atomic mass is 10.1. The summed E-state index contributed by atoms with van der Waals surface area (Å²) in [6.45, 7) is 5.07. The van der Waals surface area contributed by atoms with Crippen LogP contribution in [0.3, 0.4) is 0 Å². The van der Waals surface area contributed by atoms with Crippen molar-refractivity contribution in [1.29, 1.82) is 5.41 Å². The minimum atomic E-state index is -0.397. The van der Waals surface area contributed by atoms with E-state index in [9.17, 15) is 4.79 Å². The van der Waals surface area contributed by atoms with E-state index < -0.39 is 5.91 Å². The SMILES string of the molecule is CC1=NN2C(=N)C(=Cc3ccc(N4CCOCC4)cc3)C(=O)N=C2S1. The predicted molar refractivity (Wildman–Crippen MR) is 100 cm³/mol. The predicted octanol–water partition coefficient (Wildman–Crippen LogP) is 2.16. The van der Waals surface area contributed by atoms with Crippen LogP contribution in [0.2, 0.25) is 0 Å². The van der Waals surface area contributed by atoms with Crippen LogP contribution in [0.4, 0.5) is 5.69 Å². The number of fused-ring (bicyclic) bond motifs is 1. The van der Waals surface area contributed by atoms with Crippen molar-refractivity contribution in [3.63, 3.8) is 0 Å². The second kappa shape index (κ2) is 6.45. The van der Waals surface area contributed by atoms with Crippen LogP contribution in [-0.2, 0) is 9.53 Å². The molecule has 1 fully saturated rings. The molecule has 3 aliphatic rings. The number of ether oxygens (including phenoxy) is 1. The van der Waals surface area contributed by atoms with Gasteiger partial charge in [0.1, 0.15) is 0 Å². The van der Waals surface area contributed by atoms with Gasteiger partial charge in [-0.3, -0.25) is 10.2 Å². The lowest BCUT2D eigenvalue weighted by Crippen LogP contribution is -2.36. The Kier molecular flexibility index (Phi) is 4.14. The molecule has 0 unspecified atom stereocenters. The number of amidine groups is 2. The fourth-order valence-electron chi connectivity index (χ4n) is 2.86. The Bertz CT molecular complexity index is 822. The lowest BCUT2D eigenvalue weighted by molar-refractivity contribution is -0.114. The summed E-state index contributed by atoms with van der Waals surface area (Å²) in [7, 11) is 0. The number of hydrazone groups is 1. The molecule has 0 spiro atoms. The summed E-state index contributed by atoms with van der Waals surface area (Å²) in [5.74, 6) is -0.331. The summed E-state index contributed by atoms with van der Waals surface area (Å²) < 4.78 is 5.37. The second-order valence-electron chi connectivity index (χ2n) is 5.83. The van der Waals surface area contributed by atoms with E-state index in [0.717, 1.165) is 42.6 Å². The maximum absolute atomic E-state index is 12.3. The summed E-state index contributed by atoms with van der Waals surface area (Å²) in [6.07, 6.45) is 1.70. The Morgan fingerprint density at radius 3 is 2.68 bits per heavy atom. The fourth-order valence-corrected chi connectivity index (χ4v) is 3.59. The summed E-state index contributed by atoms with van der Waals surface area (Å²) in [5, 5.41) is 15.1. The van der Waals surface area contributed by atoms with Crippen molar-refractivity contribution in [2.45, 2.75) is 6.92 Å². The molecule has 7 nitrogen and oxygen atoms in total. The summed E-state index contributed by atoms with van der Waals surface area (Å²) in [5.41, 5.74) is 2.24. The normalized spacial score (nSPS) is 22.2. The number of rotatable bonds is 2. The van der Waals surface area contributed by atoms with Gasteiger partial charge in [0.2, 0.25) is 5.17 Å². The van der Waals surface area contributed by atoms with Crippen molar-refractivity contribution in [1.82, 2.24) is 5.01 Å². The van der Waals surface area contributed by atoms with E-state index in [4.69, 9.17) is 10.1 Å². The highest BCUT2D eigenvalue weighted by molar-refractivity contribution is 8.26. The van der Waals surface area contributed by atoms with Gasteiger partial charge in [-0.1, -0.05) is 12.1 Å². The Hall–Kier alpha value is -2.45. The Morgan fingerprint density at radius 2 is 1.96 bits per heavy atom. The van der Waals surface area contributed by atoms with Gasteiger partial charge in [0.05, 0.1) is 23.8 Å². The second-order valence-corrected chi connectivity index (χ2v) is 6.99. The first-order chi connectivity index (χ1) is 12.1. The number of benzene rings is 1. The van der Waals surface area contributed by atoms with Gasteiger partial charge in [0.25, 0.3) is 5.91 Å². The number of anilines is 1. The first kappa shape index (κ1) is 16.0. The van der Waals surface area contributed by atoms with Gasteiger partial charge < -0.3 is 9.64 Å². The average Bonchev–Trinajstić information content (AvgIpc) is 3.00. The molecule has 0 bridgehead atoms. The Labute approximate surface area is 149 Å². The van der Waals surface area contributed by atoms with E-state index in [1.165, 1.54) is 16.8 Å². The van der Waals surface area contributed by atoms with Gasteiger partial charge in [-0.05, 0) is 42.5 Å². The number of carbonyl (C=O) groups excluding carboxylic acids is 1. The first-order valence-electron chi connectivity index (χ1n) is 8.01. The van der Waals surface area contributed by atoms with Crippen molar-refractivity contribution in [3.8, 4) is 0 Å². The molecule has 4 rings (SSSR count). The molecule has 25 heavy (non-hydrogen) atoms. The standard InChI is InChI=1S/C17H17N5O2S/c1-11-20-22-15(18)14(16(23)19-17(22)25-11)10-12-2-4-13(5-3-12)21-6-8-24-9-7-21/h2-5,10,18H,6-9H2,1H3. The molecule has 1 aromatic carbocycles. The van der Waals surface area contributed by atoms with Crippen LogP contribution in [0.25, 0.3) is 6.08 Å². The van der Waals surface area contributed by atoms with E-state index >= 15 is 0 Å². The number of aliphatic imine (C=N–C) groups is 1. The van der Waals surface area contributed by atoms with Gasteiger partial charge in [-0.15, -0.1) is 0 Å². The molecule has 128 valence electrons. The number of nitrogens with one attached hydrogen (secondary N) is 1. The minimum absolute atomic E-state index is 0.0663. The molecule has 1 saturated heterocycles. The van der Waals surface area contributed by atoms with Crippen LogP contribution >= 0.6 is 11.8 Å². The zero-order chi connectivity index (χ0) is 17.4. The highest BCUT2D eigenvalue weighted by atomic mass is 32.2. The van der Waals surface area contributed by atoms with Crippen LogP contribution < -0.4 is 4.90 Å². The smallest absolute Gasteiger partial charge is 0.283 e. The zero-order valence-electron chi connectivity index (χ0n) is 13.7. The molecule has 8 heteroatoms. The van der Waals surface area contributed by atoms with Crippen molar-refractivity contribution in [2.24, 2.45) is 10.1 Å². The van der Waals surface area contributed by atoms with Crippen molar-refractivity contribution in [3.05, 3.63) is 35.4 Å². The van der Waals surface area contributed by atoms with Crippen LogP contribution in [0.5, 0.6) is 0 Å². The largest absolute Gasteiger partial charge is 0.378 e. The fraction of sp³-hybridized carbons (Fsp3) is 0.294. The van der Waals surface area contributed by atoms with Crippen molar-refractivity contribution in [2.75, 3.05) is 31.2 Å². The average molecular weight is 355 g/mol. The number of morpholine rings is 1. The monoisotopic (exact) mass is 355 g/mol. The number of nitrogens with zero attached hydrogens (tertiary/aromatic N) is 4. The molecular weight excluding hydrogens is 338 g/mol. The third kappa shape index (κ3) is 3.10. The number of hydrogen-bond donors (Lipinski definition) is 1. The summed E-state index contributed by atoms with van der Waals surface area (Å²) >= 11 is 1.30. The van der Waals surface area contributed by atoms with Gasteiger partial charge in [0.15, 0.2) is 5.84 Å². The highest BCUT2D eigenvalue weighted by Crippen LogP contribution is 2.28. The molecule has 1 amide bonds. The van der Waals surface area contributed by atoms with Crippen LogP contribution in [-0.4, -0.2) is 53.3 Å². The zero-order valence-corrected chi connectivity index (χ0v) is 14.5. The Balaban J connectivity index is 1.58. The van der Waals surface area contributed by atoms with E-state index in [2.05, 4.69) is 15.0 Å². The van der Waals surface area contributed by atoms with E-state index in [1.807, 2.05) is 31.2 Å². The molecule has 0 radical (unpaired) electrons. The van der Waals surface area contributed by atoms with E-state index in [0.29, 0.717) is 5.17 Å². The van der Waals surface area contributed by atoms with Crippen molar-refractivity contribution >= 4 is 45.5 Å². The maximum atomic E-state index is 12.3. The molecule has 3 aliphatic heterocycles. The number of thioether (sulfide) groups is 1. The van der Waals surface area contributed by atoms with Gasteiger partial charge in [-0.2, -0.15) is 15.1 Å². The molecule has 0 atom stereocenters. The number of hydrogen-bond acceptors (Lipinski definition) is 6. The van der Waals surface area contributed by atoms with Gasteiger partial charge in [-0.25, -0.2) is 0 Å². The van der Waals surface area contributed by atoms with Crippen molar-refractivity contribution < 1.29 is 9.53 Å². The topological polar surface area (TPSA) is 81.4 Å². The highest BCUT2D eigenvalue weighted by Gasteiger charge is 2.34. The molecule has 1 N–H and O–H groups in total. The van der Waals surface area contributed by atoms with Gasteiger partial charge >= 0.3 is 0 Å². The first-order valence-corrected chi connectivity index (χ1v) is 8.83. The van der Waals surface area contributed by atoms with Crippen LogP contribution in [0.15, 0.2) is 39.9 Å². The quantitative estimate of drug-likeness (QED) is 0.822. The van der Waals surface area contributed by atoms with Crippen LogP contribution in [0, 0.1) is 5.41 Å². The van der Waals surface area contributed by atoms with E-state index in [-0.39, 0.29) is 11.4 Å². The van der Waals surface area contributed by atoms with Gasteiger partial charge in [0, 0.05) is 18.8 Å². The molecule has 1 aromatic rings. The van der Waals surface area contributed by atoms with Crippen LogP contribution in [0.1, 0.15) is 12.5 Å². The molecule has 0 saturated carbocycles. The lowest BCUT2D eigenvalue weighted by Gasteiger charge is -2.28. The molecule has 0 aromatic heterocycles. The molecule has 0 aliphatic carbocycles. The van der Waals surface area contributed by atoms with E-state index in [1.54, 1.807) is 6.08 Å². The Morgan fingerprint density at radius 1 is 1.24 bits per heavy atom. The number of amides is 1. The third-order valence-electron chi connectivity index (χ3n) is 4.14. The molecule has 3 heterocycles. The molecular formula is C17H17N5O2S. The maximum Gasteiger partial charge on any atom is 0.283 e. The minimum Gasteiger partial charge on any atom is -0.378 e. The summed E-state index contributed by atoms with van der Waals surface area (Å²) in [4.78, 5) is 18.6. The summed E-state index contributed by atoms with van der Waals surface area (Å²) in [6, 6.07) is 7.95. The number of carbonyl (C=O) groups is 1.